The van der Waals surface area contributed by atoms with Crippen molar-refractivity contribution in [2.75, 3.05) is 13.7 Å². The molecular weight excluding hydrogens is 228 g/mol. The van der Waals surface area contributed by atoms with Crippen molar-refractivity contribution in [3.05, 3.63) is 28.3 Å². The molecule has 0 aliphatic carbocycles. The molecule has 0 aromatic heterocycles. The van der Waals surface area contributed by atoms with Crippen molar-refractivity contribution in [1.29, 1.82) is 0 Å². The van der Waals surface area contributed by atoms with Gasteiger partial charge in [-0.3, -0.25) is 4.79 Å². The quantitative estimate of drug-likeness (QED) is 0.816. The highest BCUT2D eigenvalue weighted by atomic mass is 35.5. The van der Waals surface area contributed by atoms with Gasteiger partial charge in [0.1, 0.15) is 5.75 Å². The third kappa shape index (κ3) is 3.40. The van der Waals surface area contributed by atoms with Crippen LogP contribution in [0.1, 0.15) is 11.1 Å². The predicted molar refractivity (Wildman–Crippen MR) is 63.6 cm³/mol. The number of aryl methyl sites for hydroxylation is 1. The molecule has 1 rings (SSSR count). The SMILES string of the molecule is COc1c(C)cc(Cl)cc1CNCC(N)=O. The molecule has 0 saturated heterocycles. The first-order chi connectivity index (χ1) is 7.54. The predicted octanol–water partition coefficient (Wildman–Crippen LogP) is 1.23. The van der Waals surface area contributed by atoms with Crippen molar-refractivity contribution in [2.24, 2.45) is 5.73 Å². The van der Waals surface area contributed by atoms with E-state index in [4.69, 9.17) is 22.1 Å². The molecular formula is C11H15ClN2O2. The summed E-state index contributed by atoms with van der Waals surface area (Å²) in [6.07, 6.45) is 0. The lowest BCUT2D eigenvalue weighted by atomic mass is 10.1. The largest absolute Gasteiger partial charge is 0.496 e. The number of amides is 1. The molecule has 1 aromatic carbocycles. The van der Waals surface area contributed by atoms with Crippen molar-refractivity contribution >= 4 is 17.5 Å². The van der Waals surface area contributed by atoms with Gasteiger partial charge < -0.3 is 15.8 Å². The maximum Gasteiger partial charge on any atom is 0.231 e. The molecule has 88 valence electrons. The molecule has 0 bridgehead atoms. The minimum atomic E-state index is -0.391. The van der Waals surface area contributed by atoms with Crippen LogP contribution in [0.25, 0.3) is 0 Å². The standard InChI is InChI=1S/C11H15ClN2O2/c1-7-3-9(12)4-8(11(7)16-2)5-14-6-10(13)15/h3-4,14H,5-6H2,1-2H3,(H2,13,15). The van der Waals surface area contributed by atoms with Gasteiger partial charge in [-0.1, -0.05) is 11.6 Å². The highest BCUT2D eigenvalue weighted by Gasteiger charge is 2.08. The first-order valence-corrected chi connectivity index (χ1v) is 5.24. The number of hydrogen-bond acceptors (Lipinski definition) is 3. The fraction of sp³-hybridized carbons (Fsp3) is 0.364. The lowest BCUT2D eigenvalue weighted by molar-refractivity contribution is -0.117. The summed E-state index contributed by atoms with van der Waals surface area (Å²) < 4.78 is 5.27. The van der Waals surface area contributed by atoms with Gasteiger partial charge in [-0.25, -0.2) is 0 Å². The summed E-state index contributed by atoms with van der Waals surface area (Å²) in [4.78, 5) is 10.6. The zero-order chi connectivity index (χ0) is 12.1. The monoisotopic (exact) mass is 242 g/mol. The number of ether oxygens (including phenoxy) is 1. The van der Waals surface area contributed by atoms with Gasteiger partial charge in [-0.15, -0.1) is 0 Å². The van der Waals surface area contributed by atoms with E-state index in [9.17, 15) is 4.79 Å². The van der Waals surface area contributed by atoms with E-state index in [-0.39, 0.29) is 6.54 Å². The molecule has 5 heteroatoms. The molecule has 16 heavy (non-hydrogen) atoms. The number of primary amides is 1. The van der Waals surface area contributed by atoms with Crippen molar-refractivity contribution in [3.63, 3.8) is 0 Å². The van der Waals surface area contributed by atoms with E-state index >= 15 is 0 Å². The molecule has 0 aliphatic heterocycles. The van der Waals surface area contributed by atoms with Gasteiger partial charge in [0.15, 0.2) is 0 Å². The third-order valence-electron chi connectivity index (χ3n) is 2.14. The Morgan fingerprint density at radius 2 is 2.25 bits per heavy atom. The Morgan fingerprint density at radius 1 is 1.56 bits per heavy atom. The molecule has 3 N–H and O–H groups in total. The maximum absolute atomic E-state index is 10.6. The second kappa shape index (κ2) is 5.72. The van der Waals surface area contributed by atoms with Gasteiger partial charge >= 0.3 is 0 Å². The lowest BCUT2D eigenvalue weighted by Gasteiger charge is -2.12. The minimum absolute atomic E-state index is 0.134. The zero-order valence-corrected chi connectivity index (χ0v) is 10.1. The number of benzene rings is 1. The number of nitrogens with two attached hydrogens (primary N) is 1. The number of carbonyl (C=O) groups excluding carboxylic acids is 1. The molecule has 4 nitrogen and oxygen atoms in total. The maximum atomic E-state index is 10.6. The molecule has 1 amide bonds. The van der Waals surface area contributed by atoms with Crippen LogP contribution in [0.2, 0.25) is 5.02 Å². The Labute approximate surface area is 99.7 Å². The van der Waals surface area contributed by atoms with E-state index in [1.807, 2.05) is 13.0 Å². The third-order valence-corrected chi connectivity index (χ3v) is 2.35. The Bertz CT molecular complexity index is 394. The van der Waals surface area contributed by atoms with Gasteiger partial charge in [-0.2, -0.15) is 0 Å². The summed E-state index contributed by atoms with van der Waals surface area (Å²) >= 11 is 5.95. The summed E-state index contributed by atoms with van der Waals surface area (Å²) in [5, 5.41) is 3.56. The summed E-state index contributed by atoms with van der Waals surface area (Å²) in [5.74, 6) is 0.388. The van der Waals surface area contributed by atoms with E-state index in [1.165, 1.54) is 0 Å². The number of carbonyl (C=O) groups is 1. The topological polar surface area (TPSA) is 64.3 Å². The molecule has 1 aromatic rings. The Hall–Kier alpha value is -1.26. The summed E-state index contributed by atoms with van der Waals surface area (Å²) in [7, 11) is 1.60. The zero-order valence-electron chi connectivity index (χ0n) is 9.34. The average molecular weight is 243 g/mol. The summed E-state index contributed by atoms with van der Waals surface area (Å²) in [6, 6.07) is 3.64. The van der Waals surface area contributed by atoms with Crippen LogP contribution < -0.4 is 15.8 Å². The molecule has 0 atom stereocenters. The fourth-order valence-corrected chi connectivity index (χ4v) is 1.84. The van der Waals surface area contributed by atoms with Gasteiger partial charge in [0, 0.05) is 17.1 Å². The molecule has 0 aliphatic rings. The van der Waals surface area contributed by atoms with E-state index in [0.29, 0.717) is 11.6 Å². The van der Waals surface area contributed by atoms with Gasteiger partial charge in [0.25, 0.3) is 0 Å². The highest BCUT2D eigenvalue weighted by molar-refractivity contribution is 6.30. The summed E-state index contributed by atoms with van der Waals surface area (Å²) in [5.41, 5.74) is 6.90. The molecule has 0 radical (unpaired) electrons. The van der Waals surface area contributed by atoms with Crippen LogP contribution in [0.4, 0.5) is 0 Å². The van der Waals surface area contributed by atoms with Gasteiger partial charge in [0.05, 0.1) is 13.7 Å². The van der Waals surface area contributed by atoms with Crippen LogP contribution in [0, 0.1) is 6.92 Å². The molecule has 0 spiro atoms. The number of halogens is 1. The molecule has 0 heterocycles. The average Bonchev–Trinajstić information content (AvgIpc) is 2.16. The second-order valence-electron chi connectivity index (χ2n) is 3.48. The highest BCUT2D eigenvalue weighted by Crippen LogP contribution is 2.27. The van der Waals surface area contributed by atoms with Crippen molar-refractivity contribution in [1.82, 2.24) is 5.32 Å². The normalized spacial score (nSPS) is 10.2. The first kappa shape index (κ1) is 12.8. The summed E-state index contributed by atoms with van der Waals surface area (Å²) in [6.45, 7) is 2.55. The number of hydrogen-bond donors (Lipinski definition) is 2. The van der Waals surface area contributed by atoms with Gasteiger partial charge in [0.2, 0.25) is 5.91 Å². The van der Waals surface area contributed by atoms with Crippen LogP contribution in [0.15, 0.2) is 12.1 Å². The number of nitrogens with one attached hydrogen (secondary N) is 1. The van der Waals surface area contributed by atoms with E-state index in [2.05, 4.69) is 5.32 Å². The first-order valence-electron chi connectivity index (χ1n) is 4.86. The Morgan fingerprint density at radius 3 is 2.81 bits per heavy atom. The fourth-order valence-electron chi connectivity index (χ4n) is 1.54. The lowest BCUT2D eigenvalue weighted by Crippen LogP contribution is -2.28. The molecule has 0 unspecified atom stereocenters. The van der Waals surface area contributed by atoms with Crippen molar-refractivity contribution in [3.8, 4) is 5.75 Å². The number of methoxy groups -OCH3 is 1. The smallest absolute Gasteiger partial charge is 0.231 e. The second-order valence-corrected chi connectivity index (χ2v) is 3.92. The van der Waals surface area contributed by atoms with E-state index < -0.39 is 5.91 Å². The minimum Gasteiger partial charge on any atom is -0.496 e. The van der Waals surface area contributed by atoms with Crippen LogP contribution in [-0.2, 0) is 11.3 Å². The van der Waals surface area contributed by atoms with Crippen molar-refractivity contribution in [2.45, 2.75) is 13.5 Å². The van der Waals surface area contributed by atoms with Crippen molar-refractivity contribution < 1.29 is 9.53 Å². The van der Waals surface area contributed by atoms with E-state index in [0.717, 1.165) is 16.9 Å². The van der Waals surface area contributed by atoms with Crippen LogP contribution >= 0.6 is 11.6 Å². The van der Waals surface area contributed by atoms with Crippen LogP contribution in [-0.4, -0.2) is 19.6 Å². The van der Waals surface area contributed by atoms with E-state index in [1.54, 1.807) is 13.2 Å². The Balaban J connectivity index is 2.81. The molecule has 0 saturated carbocycles. The Kier molecular flexibility index (Phi) is 4.58. The molecule has 0 fully saturated rings. The van der Waals surface area contributed by atoms with Gasteiger partial charge in [-0.05, 0) is 24.6 Å². The number of rotatable bonds is 5. The van der Waals surface area contributed by atoms with Crippen LogP contribution in [0.5, 0.6) is 5.75 Å². The van der Waals surface area contributed by atoms with Crippen LogP contribution in [0.3, 0.4) is 0 Å².